The van der Waals surface area contributed by atoms with Crippen molar-refractivity contribution in [2.24, 2.45) is 5.92 Å². The average Bonchev–Trinajstić information content (AvgIpc) is 2.42. The first-order valence-electron chi connectivity index (χ1n) is 7.72. The maximum absolute atomic E-state index is 12.2. The van der Waals surface area contributed by atoms with Crippen molar-refractivity contribution in [3.05, 3.63) is 30.1 Å². The minimum absolute atomic E-state index is 0.122. The molecule has 6 heteroatoms. The van der Waals surface area contributed by atoms with Gasteiger partial charge in [-0.1, -0.05) is 19.9 Å². The molecule has 0 bridgehead atoms. The Balaban J connectivity index is 2.61. The predicted octanol–water partition coefficient (Wildman–Crippen LogP) is 3.06. The topological polar surface area (TPSA) is 77.5 Å². The summed E-state index contributed by atoms with van der Waals surface area (Å²) >= 11 is 0. The van der Waals surface area contributed by atoms with Gasteiger partial charge in [0.2, 0.25) is 0 Å². The van der Waals surface area contributed by atoms with E-state index >= 15 is 0 Å². The fourth-order valence-corrected chi connectivity index (χ4v) is 1.87. The lowest BCUT2D eigenvalue weighted by atomic mass is 10.0. The molecule has 128 valence electrons. The molecule has 1 atom stereocenters. The van der Waals surface area contributed by atoms with E-state index in [4.69, 9.17) is 9.47 Å². The van der Waals surface area contributed by atoms with Crippen LogP contribution in [0.3, 0.4) is 0 Å². The van der Waals surface area contributed by atoms with Crippen LogP contribution in [0, 0.1) is 5.92 Å². The molecular formula is C17H26N2O4. The van der Waals surface area contributed by atoms with E-state index in [1.165, 1.54) is 0 Å². The lowest BCUT2D eigenvalue weighted by Gasteiger charge is -2.23. The van der Waals surface area contributed by atoms with Crippen molar-refractivity contribution in [2.75, 3.05) is 0 Å². The van der Waals surface area contributed by atoms with Crippen LogP contribution in [0.5, 0.6) is 0 Å². The van der Waals surface area contributed by atoms with Gasteiger partial charge < -0.3 is 14.8 Å². The SMILES string of the molecule is CC(C)CC(NC(=O)OC(C)(C)C)C(=O)OCc1cccnc1. The largest absolute Gasteiger partial charge is 0.459 e. The Morgan fingerprint density at radius 3 is 2.52 bits per heavy atom. The number of esters is 1. The number of carbonyl (C=O) groups excluding carboxylic acids is 2. The summed E-state index contributed by atoms with van der Waals surface area (Å²) in [6, 6.07) is 2.86. The van der Waals surface area contributed by atoms with Gasteiger partial charge in [0, 0.05) is 18.0 Å². The normalized spacial score (nSPS) is 12.6. The standard InChI is InChI=1S/C17H26N2O4/c1-12(2)9-14(19-16(21)23-17(3,4)5)15(20)22-11-13-7-6-8-18-10-13/h6-8,10,12,14H,9,11H2,1-5H3,(H,19,21). The highest BCUT2D eigenvalue weighted by Gasteiger charge is 2.26. The van der Waals surface area contributed by atoms with Crippen LogP contribution in [0.1, 0.15) is 46.6 Å². The predicted molar refractivity (Wildman–Crippen MR) is 86.6 cm³/mol. The van der Waals surface area contributed by atoms with E-state index in [1.54, 1.807) is 39.2 Å². The van der Waals surface area contributed by atoms with Gasteiger partial charge >= 0.3 is 12.1 Å². The first kappa shape index (κ1) is 18.9. The second-order valence-corrected chi connectivity index (χ2v) is 6.80. The number of amides is 1. The lowest BCUT2D eigenvalue weighted by Crippen LogP contribution is -2.44. The smallest absolute Gasteiger partial charge is 0.408 e. The third-order valence-electron chi connectivity index (χ3n) is 2.79. The number of carbonyl (C=O) groups is 2. The van der Waals surface area contributed by atoms with E-state index in [1.807, 2.05) is 19.9 Å². The molecule has 23 heavy (non-hydrogen) atoms. The summed E-state index contributed by atoms with van der Waals surface area (Å²) in [5.41, 5.74) is 0.174. The van der Waals surface area contributed by atoms with Crippen LogP contribution in [0.25, 0.3) is 0 Å². The minimum Gasteiger partial charge on any atom is -0.459 e. The van der Waals surface area contributed by atoms with E-state index < -0.39 is 23.7 Å². The van der Waals surface area contributed by atoms with Gasteiger partial charge in [-0.15, -0.1) is 0 Å². The molecule has 0 radical (unpaired) electrons. The van der Waals surface area contributed by atoms with Gasteiger partial charge in [-0.25, -0.2) is 9.59 Å². The van der Waals surface area contributed by atoms with Crippen LogP contribution in [-0.2, 0) is 20.9 Å². The Labute approximate surface area is 137 Å². The van der Waals surface area contributed by atoms with Crippen LogP contribution < -0.4 is 5.32 Å². The van der Waals surface area contributed by atoms with Gasteiger partial charge in [-0.05, 0) is 39.2 Å². The zero-order valence-corrected chi connectivity index (χ0v) is 14.5. The molecule has 0 saturated carbocycles. The zero-order valence-electron chi connectivity index (χ0n) is 14.5. The molecule has 1 rings (SSSR count). The molecule has 0 spiro atoms. The fraction of sp³-hybridized carbons (Fsp3) is 0.588. The molecule has 1 heterocycles. The third-order valence-corrected chi connectivity index (χ3v) is 2.79. The maximum atomic E-state index is 12.2. The van der Waals surface area contributed by atoms with Crippen molar-refractivity contribution in [3.63, 3.8) is 0 Å². The molecule has 1 N–H and O–H groups in total. The Hall–Kier alpha value is -2.11. The van der Waals surface area contributed by atoms with Gasteiger partial charge in [-0.3, -0.25) is 4.98 Å². The maximum Gasteiger partial charge on any atom is 0.408 e. The molecule has 6 nitrogen and oxygen atoms in total. The second-order valence-electron chi connectivity index (χ2n) is 6.80. The molecule has 0 aliphatic rings. The highest BCUT2D eigenvalue weighted by Crippen LogP contribution is 2.11. The summed E-state index contributed by atoms with van der Waals surface area (Å²) < 4.78 is 10.5. The molecule has 0 aliphatic heterocycles. The highest BCUT2D eigenvalue weighted by atomic mass is 16.6. The van der Waals surface area contributed by atoms with Crippen molar-refractivity contribution in [1.29, 1.82) is 0 Å². The van der Waals surface area contributed by atoms with Crippen LogP contribution in [0.15, 0.2) is 24.5 Å². The van der Waals surface area contributed by atoms with Gasteiger partial charge in [0.15, 0.2) is 0 Å². The van der Waals surface area contributed by atoms with Crippen molar-refractivity contribution in [3.8, 4) is 0 Å². The molecule has 0 fully saturated rings. The third kappa shape index (κ3) is 8.18. The second kappa shape index (κ2) is 8.50. The van der Waals surface area contributed by atoms with Gasteiger partial charge in [-0.2, -0.15) is 0 Å². The van der Waals surface area contributed by atoms with Gasteiger partial charge in [0.05, 0.1) is 0 Å². The summed E-state index contributed by atoms with van der Waals surface area (Å²) in [4.78, 5) is 28.1. The molecule has 0 aromatic carbocycles. The zero-order chi connectivity index (χ0) is 17.5. The minimum atomic E-state index is -0.735. The number of ether oxygens (including phenoxy) is 2. The summed E-state index contributed by atoms with van der Waals surface area (Å²) in [5, 5.41) is 2.59. The molecule has 0 aliphatic carbocycles. The van der Waals surface area contributed by atoms with Crippen LogP contribution in [0.2, 0.25) is 0 Å². The molecule has 0 saturated heterocycles. The van der Waals surface area contributed by atoms with Crippen molar-refractivity contribution in [2.45, 2.75) is 59.3 Å². The van der Waals surface area contributed by atoms with E-state index in [0.717, 1.165) is 5.56 Å². The summed E-state index contributed by atoms with van der Waals surface area (Å²) in [7, 11) is 0. The number of nitrogens with zero attached hydrogens (tertiary/aromatic N) is 1. The lowest BCUT2D eigenvalue weighted by molar-refractivity contribution is -0.148. The Kier molecular flexibility index (Phi) is 7.00. The fourth-order valence-electron chi connectivity index (χ4n) is 1.87. The Morgan fingerprint density at radius 2 is 2.00 bits per heavy atom. The number of hydrogen-bond acceptors (Lipinski definition) is 5. The number of pyridine rings is 1. The summed E-state index contributed by atoms with van der Waals surface area (Å²) in [6.07, 6.45) is 3.13. The summed E-state index contributed by atoms with van der Waals surface area (Å²) in [6.45, 7) is 9.37. The number of nitrogens with one attached hydrogen (secondary N) is 1. The summed E-state index contributed by atoms with van der Waals surface area (Å²) in [5.74, 6) is -0.255. The van der Waals surface area contributed by atoms with Crippen LogP contribution in [0.4, 0.5) is 4.79 Å². The number of hydrogen-bond donors (Lipinski definition) is 1. The quantitative estimate of drug-likeness (QED) is 0.814. The van der Waals surface area contributed by atoms with Gasteiger partial charge in [0.25, 0.3) is 0 Å². The van der Waals surface area contributed by atoms with E-state index in [-0.39, 0.29) is 12.5 Å². The number of rotatable bonds is 6. The molecule has 1 amide bonds. The molecule has 1 unspecified atom stereocenters. The first-order chi connectivity index (χ1) is 10.7. The molecule has 1 aromatic rings. The first-order valence-corrected chi connectivity index (χ1v) is 7.72. The van der Waals surface area contributed by atoms with E-state index in [2.05, 4.69) is 10.3 Å². The highest BCUT2D eigenvalue weighted by molar-refractivity contribution is 5.81. The van der Waals surface area contributed by atoms with Crippen LogP contribution in [-0.4, -0.2) is 28.7 Å². The number of alkyl carbamates (subject to hydrolysis) is 1. The Morgan fingerprint density at radius 1 is 1.30 bits per heavy atom. The average molecular weight is 322 g/mol. The van der Waals surface area contributed by atoms with Crippen LogP contribution >= 0.6 is 0 Å². The van der Waals surface area contributed by atoms with Gasteiger partial charge in [0.1, 0.15) is 18.2 Å². The monoisotopic (exact) mass is 322 g/mol. The van der Waals surface area contributed by atoms with E-state index in [9.17, 15) is 9.59 Å². The Bertz CT molecular complexity index is 509. The van der Waals surface area contributed by atoms with Crippen molar-refractivity contribution in [1.82, 2.24) is 10.3 Å². The molecule has 1 aromatic heterocycles. The molecular weight excluding hydrogens is 296 g/mol. The van der Waals surface area contributed by atoms with Crippen molar-refractivity contribution >= 4 is 12.1 Å². The number of aromatic nitrogens is 1. The van der Waals surface area contributed by atoms with Crippen molar-refractivity contribution < 1.29 is 19.1 Å². The van der Waals surface area contributed by atoms with E-state index in [0.29, 0.717) is 6.42 Å².